The summed E-state index contributed by atoms with van der Waals surface area (Å²) < 4.78 is 5.37. The normalized spacial score (nSPS) is 10.4. The van der Waals surface area contributed by atoms with E-state index >= 15 is 0 Å². The predicted octanol–water partition coefficient (Wildman–Crippen LogP) is 2.69. The van der Waals surface area contributed by atoms with Gasteiger partial charge in [-0.2, -0.15) is 0 Å². The molecule has 0 bridgehead atoms. The number of hydrogen-bond acceptors (Lipinski definition) is 4. The van der Waals surface area contributed by atoms with Gasteiger partial charge in [0, 0.05) is 36.6 Å². The molecule has 3 aromatic rings. The lowest BCUT2D eigenvalue weighted by Gasteiger charge is -2.09. The van der Waals surface area contributed by atoms with Crippen LogP contribution in [-0.2, 0) is 0 Å². The number of hydrogen-bond donors (Lipinski definition) is 3. The predicted molar refractivity (Wildman–Crippen MR) is 94.5 cm³/mol. The molecule has 3 N–H and O–H groups in total. The van der Waals surface area contributed by atoms with Crippen LogP contribution < -0.4 is 16.0 Å². The summed E-state index contributed by atoms with van der Waals surface area (Å²) in [6.07, 6.45) is 4.77. The highest BCUT2D eigenvalue weighted by atomic mass is 16.3. The van der Waals surface area contributed by atoms with Gasteiger partial charge >= 0.3 is 6.03 Å². The smallest absolute Gasteiger partial charge is 0.319 e. The first-order valence-corrected chi connectivity index (χ1v) is 7.84. The number of carbonyl (C=O) groups excluding carboxylic acids is 2. The summed E-state index contributed by atoms with van der Waals surface area (Å²) in [6.45, 7) is 2.58. The van der Waals surface area contributed by atoms with Gasteiger partial charge < -0.3 is 20.4 Å². The summed E-state index contributed by atoms with van der Waals surface area (Å²) in [5.74, 6) is -0.226. The zero-order valence-corrected chi connectivity index (χ0v) is 13.7. The molecule has 2 heterocycles. The van der Waals surface area contributed by atoms with Gasteiger partial charge in [0.2, 0.25) is 0 Å². The Labute approximate surface area is 144 Å². The molecule has 1 aromatic carbocycles. The van der Waals surface area contributed by atoms with Crippen molar-refractivity contribution in [2.75, 3.05) is 18.4 Å². The molecule has 0 aliphatic rings. The number of nitrogens with zero attached hydrogens (tertiary/aromatic N) is 1. The number of aromatic nitrogens is 1. The summed E-state index contributed by atoms with van der Waals surface area (Å²) in [5, 5.41) is 9.12. The van der Waals surface area contributed by atoms with E-state index in [9.17, 15) is 9.59 Å². The third-order valence-corrected chi connectivity index (χ3v) is 3.64. The molecule has 0 fully saturated rings. The van der Waals surface area contributed by atoms with E-state index in [0.29, 0.717) is 24.3 Å². The van der Waals surface area contributed by atoms with Crippen LogP contribution in [0.1, 0.15) is 15.9 Å². The molecule has 3 rings (SSSR count). The van der Waals surface area contributed by atoms with Crippen molar-refractivity contribution in [1.29, 1.82) is 0 Å². The molecule has 7 heteroatoms. The van der Waals surface area contributed by atoms with Crippen molar-refractivity contribution in [3.8, 4) is 0 Å². The lowest BCUT2D eigenvalue weighted by molar-refractivity contribution is 0.0953. The number of anilines is 1. The Morgan fingerprint density at radius 3 is 2.80 bits per heavy atom. The number of fused-ring (bicyclic) bond motifs is 1. The average Bonchev–Trinajstić information content (AvgIpc) is 3.00. The Kier molecular flexibility index (Phi) is 4.94. The molecular weight excluding hydrogens is 320 g/mol. The van der Waals surface area contributed by atoms with E-state index in [1.165, 1.54) is 6.20 Å². The number of rotatable bonds is 5. The molecule has 7 nitrogen and oxygen atoms in total. The molecule has 0 unspecified atom stereocenters. The maximum atomic E-state index is 11.9. The maximum Gasteiger partial charge on any atom is 0.319 e. The van der Waals surface area contributed by atoms with Crippen LogP contribution in [-0.4, -0.2) is 30.0 Å². The fourth-order valence-electron chi connectivity index (χ4n) is 2.36. The third-order valence-electron chi connectivity index (χ3n) is 3.64. The van der Waals surface area contributed by atoms with Gasteiger partial charge in [0.15, 0.2) is 0 Å². The second-order valence-corrected chi connectivity index (χ2v) is 5.51. The van der Waals surface area contributed by atoms with Gasteiger partial charge in [0.1, 0.15) is 5.58 Å². The van der Waals surface area contributed by atoms with Crippen LogP contribution in [0.4, 0.5) is 10.5 Å². The number of benzene rings is 1. The molecule has 0 radical (unpaired) electrons. The minimum Gasteiger partial charge on any atom is -0.464 e. The average molecular weight is 338 g/mol. The van der Waals surface area contributed by atoms with Crippen molar-refractivity contribution < 1.29 is 14.0 Å². The molecule has 0 aliphatic carbocycles. The van der Waals surface area contributed by atoms with Crippen LogP contribution in [0, 0.1) is 6.92 Å². The fourth-order valence-corrected chi connectivity index (χ4v) is 2.36. The Balaban J connectivity index is 1.44. The Morgan fingerprint density at radius 2 is 2.00 bits per heavy atom. The monoisotopic (exact) mass is 338 g/mol. The van der Waals surface area contributed by atoms with Crippen LogP contribution in [0.5, 0.6) is 0 Å². The Hall–Kier alpha value is -3.35. The first-order valence-electron chi connectivity index (χ1n) is 7.84. The van der Waals surface area contributed by atoms with E-state index in [0.717, 1.165) is 16.5 Å². The molecule has 2 aromatic heterocycles. The summed E-state index contributed by atoms with van der Waals surface area (Å²) in [6, 6.07) is 8.48. The number of furan rings is 1. The van der Waals surface area contributed by atoms with E-state index in [1.807, 2.05) is 19.1 Å². The summed E-state index contributed by atoms with van der Waals surface area (Å²) >= 11 is 0. The second-order valence-electron chi connectivity index (χ2n) is 5.51. The van der Waals surface area contributed by atoms with E-state index in [-0.39, 0.29) is 11.9 Å². The molecule has 3 amide bonds. The number of pyridine rings is 1. The van der Waals surface area contributed by atoms with Crippen LogP contribution in [0.3, 0.4) is 0 Å². The summed E-state index contributed by atoms with van der Waals surface area (Å²) in [7, 11) is 0. The van der Waals surface area contributed by atoms with Gasteiger partial charge in [0.05, 0.1) is 11.8 Å². The molecule has 0 saturated heterocycles. The number of aryl methyl sites for hydroxylation is 1. The number of amides is 3. The van der Waals surface area contributed by atoms with Crippen LogP contribution >= 0.6 is 0 Å². The van der Waals surface area contributed by atoms with Gasteiger partial charge in [-0.25, -0.2) is 4.79 Å². The molecule has 0 atom stereocenters. The number of carbonyl (C=O) groups is 2. The van der Waals surface area contributed by atoms with Crippen molar-refractivity contribution in [2.24, 2.45) is 0 Å². The number of nitrogens with one attached hydrogen (secondary N) is 3. The summed E-state index contributed by atoms with van der Waals surface area (Å²) in [5.41, 5.74) is 2.95. The Bertz CT molecular complexity index is 890. The van der Waals surface area contributed by atoms with Gasteiger partial charge in [-0.3, -0.25) is 9.78 Å². The van der Waals surface area contributed by atoms with E-state index in [1.54, 1.807) is 30.7 Å². The zero-order chi connectivity index (χ0) is 17.6. The van der Waals surface area contributed by atoms with Crippen molar-refractivity contribution >= 4 is 28.6 Å². The van der Waals surface area contributed by atoms with Gasteiger partial charge in [-0.05, 0) is 42.8 Å². The molecule has 25 heavy (non-hydrogen) atoms. The van der Waals surface area contributed by atoms with E-state index in [4.69, 9.17) is 4.42 Å². The van der Waals surface area contributed by atoms with E-state index < -0.39 is 0 Å². The minimum atomic E-state index is -0.337. The highest BCUT2D eigenvalue weighted by molar-refractivity contribution is 5.94. The zero-order valence-electron chi connectivity index (χ0n) is 13.7. The molecule has 0 aliphatic heterocycles. The highest BCUT2D eigenvalue weighted by Gasteiger charge is 2.07. The molecule has 0 saturated carbocycles. The van der Waals surface area contributed by atoms with Crippen molar-refractivity contribution in [3.05, 3.63) is 60.1 Å². The SMILES string of the molecule is Cc1coc2ccc(NC(=O)NCCNC(=O)c3cccnc3)cc12. The van der Waals surface area contributed by atoms with Crippen LogP contribution in [0.15, 0.2) is 53.4 Å². The van der Waals surface area contributed by atoms with Crippen molar-refractivity contribution in [2.45, 2.75) is 6.92 Å². The van der Waals surface area contributed by atoms with E-state index in [2.05, 4.69) is 20.9 Å². The highest BCUT2D eigenvalue weighted by Crippen LogP contribution is 2.23. The lowest BCUT2D eigenvalue weighted by atomic mass is 10.2. The van der Waals surface area contributed by atoms with Gasteiger partial charge in [0.25, 0.3) is 5.91 Å². The lowest BCUT2D eigenvalue weighted by Crippen LogP contribution is -2.36. The standard InChI is InChI=1S/C18H18N4O3/c1-12-11-25-16-5-4-14(9-15(12)16)22-18(24)21-8-7-20-17(23)13-3-2-6-19-10-13/h2-6,9-11H,7-8H2,1H3,(H,20,23)(H2,21,22,24). The largest absolute Gasteiger partial charge is 0.464 e. The van der Waals surface area contributed by atoms with Crippen molar-refractivity contribution in [1.82, 2.24) is 15.6 Å². The summed E-state index contributed by atoms with van der Waals surface area (Å²) in [4.78, 5) is 27.6. The third kappa shape index (κ3) is 4.14. The molecular formula is C18H18N4O3. The topological polar surface area (TPSA) is 96.3 Å². The first kappa shape index (κ1) is 16.5. The second kappa shape index (κ2) is 7.48. The maximum absolute atomic E-state index is 11.9. The fraction of sp³-hybridized carbons (Fsp3) is 0.167. The number of urea groups is 1. The van der Waals surface area contributed by atoms with Crippen LogP contribution in [0.25, 0.3) is 11.0 Å². The first-order chi connectivity index (χ1) is 12.1. The quantitative estimate of drug-likeness (QED) is 0.623. The minimum absolute atomic E-state index is 0.226. The van der Waals surface area contributed by atoms with Gasteiger partial charge in [-0.1, -0.05) is 0 Å². The van der Waals surface area contributed by atoms with Crippen LogP contribution in [0.2, 0.25) is 0 Å². The molecule has 0 spiro atoms. The van der Waals surface area contributed by atoms with Gasteiger partial charge in [-0.15, -0.1) is 0 Å². The van der Waals surface area contributed by atoms with Crippen molar-refractivity contribution in [3.63, 3.8) is 0 Å². The molecule has 128 valence electrons. The Morgan fingerprint density at radius 1 is 1.16 bits per heavy atom.